The Hall–Kier alpha value is -2.80. The van der Waals surface area contributed by atoms with E-state index in [0.717, 1.165) is 11.3 Å². The number of anilines is 1. The zero-order chi connectivity index (χ0) is 16.1. The third-order valence-electron chi connectivity index (χ3n) is 2.75. The Balaban J connectivity index is 2.08. The number of amides is 1. The van der Waals surface area contributed by atoms with Crippen LogP contribution < -0.4 is 10.1 Å². The third-order valence-corrected chi connectivity index (χ3v) is 3.65. The highest BCUT2D eigenvalue weighted by Crippen LogP contribution is 2.27. The molecule has 2 rings (SSSR count). The summed E-state index contributed by atoms with van der Waals surface area (Å²) in [6.45, 7) is 0. The van der Waals surface area contributed by atoms with Gasteiger partial charge < -0.3 is 20.3 Å². The molecule has 0 radical (unpaired) electrons. The Morgan fingerprint density at radius 3 is 2.77 bits per heavy atom. The number of aromatic hydroxyl groups is 1. The maximum absolute atomic E-state index is 11.8. The van der Waals surface area contributed by atoms with Crippen LogP contribution in [0.25, 0.3) is 6.08 Å². The first-order valence-electron chi connectivity index (χ1n) is 6.18. The lowest BCUT2D eigenvalue weighted by atomic mass is 10.2. The van der Waals surface area contributed by atoms with Crippen LogP contribution in [0.15, 0.2) is 35.7 Å². The highest BCUT2D eigenvalue weighted by molar-refractivity contribution is 7.12. The van der Waals surface area contributed by atoms with Crippen molar-refractivity contribution in [3.63, 3.8) is 0 Å². The molecule has 0 aliphatic rings. The van der Waals surface area contributed by atoms with Gasteiger partial charge in [-0.3, -0.25) is 4.79 Å². The van der Waals surface area contributed by atoms with E-state index in [0.29, 0.717) is 11.3 Å². The number of ether oxygens (including phenoxy) is 1. The van der Waals surface area contributed by atoms with Crippen molar-refractivity contribution in [1.82, 2.24) is 0 Å². The molecule has 1 heterocycles. The van der Waals surface area contributed by atoms with Crippen molar-refractivity contribution in [2.45, 2.75) is 0 Å². The number of benzene rings is 1. The normalized spacial score (nSPS) is 10.6. The Morgan fingerprint density at radius 2 is 2.09 bits per heavy atom. The highest BCUT2D eigenvalue weighted by atomic mass is 32.1. The molecule has 0 fully saturated rings. The van der Waals surface area contributed by atoms with Crippen LogP contribution in [0.4, 0.5) is 5.69 Å². The summed E-state index contributed by atoms with van der Waals surface area (Å²) in [4.78, 5) is 22.8. The fraction of sp³-hybridized carbons (Fsp3) is 0.0667. The number of hydrogen-bond acceptors (Lipinski definition) is 5. The summed E-state index contributed by atoms with van der Waals surface area (Å²) in [6, 6.07) is 6.18. The molecular formula is C15H13NO5S. The van der Waals surface area contributed by atoms with Gasteiger partial charge in [0.2, 0.25) is 5.91 Å². The number of phenols is 1. The van der Waals surface area contributed by atoms with Gasteiger partial charge in [0.25, 0.3) is 0 Å². The zero-order valence-corrected chi connectivity index (χ0v) is 12.4. The van der Waals surface area contributed by atoms with E-state index < -0.39 is 11.9 Å². The molecule has 0 aliphatic heterocycles. The molecule has 0 saturated heterocycles. The fourth-order valence-corrected chi connectivity index (χ4v) is 2.40. The summed E-state index contributed by atoms with van der Waals surface area (Å²) >= 11 is 1.04. The number of thiophene rings is 1. The molecular weight excluding hydrogens is 306 g/mol. The number of carboxylic acids is 1. The average molecular weight is 319 g/mol. The van der Waals surface area contributed by atoms with Crippen molar-refractivity contribution in [3.05, 3.63) is 46.2 Å². The Morgan fingerprint density at radius 1 is 1.32 bits per heavy atom. The average Bonchev–Trinajstić information content (AvgIpc) is 2.94. The van der Waals surface area contributed by atoms with Crippen LogP contribution in [0.1, 0.15) is 15.2 Å². The summed E-state index contributed by atoms with van der Waals surface area (Å²) in [5.41, 5.74) is 0.920. The van der Waals surface area contributed by atoms with E-state index in [1.165, 1.54) is 31.4 Å². The van der Waals surface area contributed by atoms with Gasteiger partial charge in [0.1, 0.15) is 4.88 Å². The SMILES string of the molecule is COc1cc(C=CC(=O)Nc2ccsc2C(=O)O)ccc1O. The topological polar surface area (TPSA) is 95.9 Å². The lowest BCUT2D eigenvalue weighted by molar-refractivity contribution is -0.111. The molecule has 1 aromatic heterocycles. The van der Waals surface area contributed by atoms with Crippen LogP contribution in [0.3, 0.4) is 0 Å². The van der Waals surface area contributed by atoms with Gasteiger partial charge in [-0.25, -0.2) is 4.79 Å². The van der Waals surface area contributed by atoms with Gasteiger partial charge in [0.05, 0.1) is 12.8 Å². The quantitative estimate of drug-likeness (QED) is 0.737. The first-order valence-corrected chi connectivity index (χ1v) is 7.06. The lowest BCUT2D eigenvalue weighted by Crippen LogP contribution is -2.09. The fourth-order valence-electron chi connectivity index (χ4n) is 1.72. The van der Waals surface area contributed by atoms with Crippen LogP contribution in [0, 0.1) is 0 Å². The second kappa shape index (κ2) is 6.77. The zero-order valence-electron chi connectivity index (χ0n) is 11.6. The Labute approximate surface area is 130 Å². The Kier molecular flexibility index (Phi) is 4.80. The number of carbonyl (C=O) groups excluding carboxylic acids is 1. The molecule has 0 spiro atoms. The molecule has 3 N–H and O–H groups in total. The predicted octanol–water partition coefficient (Wildman–Crippen LogP) is 2.81. The molecule has 0 unspecified atom stereocenters. The van der Waals surface area contributed by atoms with Crippen LogP contribution in [0.5, 0.6) is 11.5 Å². The van der Waals surface area contributed by atoms with Crippen LogP contribution in [0.2, 0.25) is 0 Å². The van der Waals surface area contributed by atoms with E-state index >= 15 is 0 Å². The summed E-state index contributed by atoms with van der Waals surface area (Å²) < 4.78 is 4.97. The molecule has 114 valence electrons. The second-order valence-corrected chi connectivity index (χ2v) is 5.14. The van der Waals surface area contributed by atoms with Crippen LogP contribution >= 0.6 is 11.3 Å². The van der Waals surface area contributed by atoms with Crippen molar-refractivity contribution in [2.75, 3.05) is 12.4 Å². The molecule has 22 heavy (non-hydrogen) atoms. The van der Waals surface area contributed by atoms with Gasteiger partial charge in [-0.1, -0.05) is 6.07 Å². The number of nitrogens with one attached hydrogen (secondary N) is 1. The van der Waals surface area contributed by atoms with E-state index in [1.54, 1.807) is 17.5 Å². The summed E-state index contributed by atoms with van der Waals surface area (Å²) in [5.74, 6) is -1.23. The van der Waals surface area contributed by atoms with Gasteiger partial charge in [-0.05, 0) is 35.2 Å². The predicted molar refractivity (Wildman–Crippen MR) is 83.6 cm³/mol. The third kappa shape index (κ3) is 3.64. The monoisotopic (exact) mass is 319 g/mol. The molecule has 1 amide bonds. The number of methoxy groups -OCH3 is 1. The van der Waals surface area contributed by atoms with Crippen molar-refractivity contribution in [1.29, 1.82) is 0 Å². The smallest absolute Gasteiger partial charge is 0.348 e. The van der Waals surface area contributed by atoms with E-state index in [4.69, 9.17) is 9.84 Å². The summed E-state index contributed by atoms with van der Waals surface area (Å²) in [5, 5.41) is 22.5. The minimum Gasteiger partial charge on any atom is -0.504 e. The van der Waals surface area contributed by atoms with Crippen molar-refractivity contribution >= 4 is 35.0 Å². The molecule has 7 heteroatoms. The molecule has 0 bridgehead atoms. The number of hydrogen-bond donors (Lipinski definition) is 3. The van der Waals surface area contributed by atoms with Gasteiger partial charge in [0, 0.05) is 6.08 Å². The number of aromatic carboxylic acids is 1. The second-order valence-electron chi connectivity index (χ2n) is 4.22. The van der Waals surface area contributed by atoms with Crippen molar-refractivity contribution in [2.24, 2.45) is 0 Å². The van der Waals surface area contributed by atoms with E-state index in [-0.39, 0.29) is 16.3 Å². The number of phenolic OH excluding ortho intramolecular Hbond substituents is 1. The minimum absolute atomic E-state index is 0.00785. The molecule has 6 nitrogen and oxygen atoms in total. The van der Waals surface area contributed by atoms with Gasteiger partial charge in [0.15, 0.2) is 11.5 Å². The van der Waals surface area contributed by atoms with Crippen molar-refractivity contribution in [3.8, 4) is 11.5 Å². The van der Waals surface area contributed by atoms with Crippen LogP contribution in [-0.4, -0.2) is 29.2 Å². The van der Waals surface area contributed by atoms with Crippen molar-refractivity contribution < 1.29 is 24.5 Å². The summed E-state index contributed by atoms with van der Waals surface area (Å²) in [6.07, 6.45) is 2.80. The number of carbonyl (C=O) groups is 2. The number of rotatable bonds is 5. The van der Waals surface area contributed by atoms with E-state index in [2.05, 4.69) is 5.32 Å². The van der Waals surface area contributed by atoms with E-state index in [9.17, 15) is 14.7 Å². The highest BCUT2D eigenvalue weighted by Gasteiger charge is 2.12. The minimum atomic E-state index is -1.09. The standard InChI is InChI=1S/C15H13NO5S/c1-21-12-8-9(2-4-11(12)17)3-5-13(18)16-10-6-7-22-14(10)15(19)20/h2-8,17H,1H3,(H,16,18)(H,19,20). The largest absolute Gasteiger partial charge is 0.504 e. The van der Waals surface area contributed by atoms with Gasteiger partial charge in [-0.2, -0.15) is 0 Å². The molecule has 2 aromatic rings. The van der Waals surface area contributed by atoms with E-state index in [1.807, 2.05) is 0 Å². The summed E-state index contributed by atoms with van der Waals surface area (Å²) in [7, 11) is 1.43. The van der Waals surface area contributed by atoms with Crippen LogP contribution in [-0.2, 0) is 4.79 Å². The Bertz CT molecular complexity index is 735. The maximum Gasteiger partial charge on any atom is 0.348 e. The molecule has 0 aliphatic carbocycles. The van der Waals surface area contributed by atoms with Gasteiger partial charge >= 0.3 is 5.97 Å². The molecule has 0 saturated carbocycles. The lowest BCUT2D eigenvalue weighted by Gasteiger charge is -2.04. The van der Waals surface area contributed by atoms with Gasteiger partial charge in [-0.15, -0.1) is 11.3 Å². The molecule has 0 atom stereocenters. The maximum atomic E-state index is 11.8. The first kappa shape index (κ1) is 15.6. The number of carboxylic acid groups (broad SMARTS) is 1. The molecule has 1 aromatic carbocycles. The first-order chi connectivity index (χ1) is 10.5.